The van der Waals surface area contributed by atoms with Gasteiger partial charge < -0.3 is 4.98 Å². The lowest BCUT2D eigenvalue weighted by molar-refractivity contribution is 0.764. The lowest BCUT2D eigenvalue weighted by atomic mass is 10.0. The summed E-state index contributed by atoms with van der Waals surface area (Å²) in [5.41, 5.74) is 3.28. The van der Waals surface area contributed by atoms with Gasteiger partial charge in [0.15, 0.2) is 0 Å². The molecule has 18 heavy (non-hydrogen) atoms. The van der Waals surface area contributed by atoms with Crippen LogP contribution in [-0.4, -0.2) is 15.0 Å². The molecule has 4 heteroatoms. The first-order valence-corrected chi connectivity index (χ1v) is 6.02. The van der Waals surface area contributed by atoms with Gasteiger partial charge in [-0.25, -0.2) is 4.98 Å². The van der Waals surface area contributed by atoms with Gasteiger partial charge in [0.25, 0.3) is 5.56 Å². The van der Waals surface area contributed by atoms with Gasteiger partial charge in [0.05, 0.1) is 5.69 Å². The smallest absolute Gasteiger partial charge is 0.254 e. The van der Waals surface area contributed by atoms with Crippen molar-refractivity contribution in [3.63, 3.8) is 0 Å². The zero-order valence-corrected chi connectivity index (χ0v) is 11.1. The van der Waals surface area contributed by atoms with Gasteiger partial charge in [0.1, 0.15) is 5.82 Å². The topological polar surface area (TPSA) is 58.6 Å². The number of rotatable bonds is 2. The molecule has 0 atom stereocenters. The molecule has 2 rings (SSSR count). The molecule has 0 spiro atoms. The van der Waals surface area contributed by atoms with Crippen LogP contribution in [0.25, 0.3) is 11.3 Å². The van der Waals surface area contributed by atoms with Crippen molar-refractivity contribution < 1.29 is 0 Å². The number of aromatic amines is 1. The molecule has 0 aliphatic heterocycles. The molecule has 0 aliphatic rings. The van der Waals surface area contributed by atoms with Gasteiger partial charge in [-0.15, -0.1) is 0 Å². The van der Waals surface area contributed by atoms with Crippen molar-refractivity contribution in [3.8, 4) is 11.3 Å². The third-order valence-corrected chi connectivity index (χ3v) is 3.01. The van der Waals surface area contributed by atoms with Crippen LogP contribution in [0.1, 0.15) is 36.7 Å². The Morgan fingerprint density at radius 1 is 1.28 bits per heavy atom. The zero-order chi connectivity index (χ0) is 13.3. The number of H-pyrrole nitrogens is 1. The van der Waals surface area contributed by atoms with E-state index in [9.17, 15) is 4.79 Å². The molecule has 2 heterocycles. The Balaban J connectivity index is 2.71. The standard InChI is InChI=1S/C14H17N3O/c1-8(2)13-16-12(10(4)14(18)17-13)11-7-15-6-5-9(11)3/h5-8H,1-4H3,(H,16,17,18). The van der Waals surface area contributed by atoms with Crippen LogP contribution in [0.2, 0.25) is 0 Å². The lowest BCUT2D eigenvalue weighted by Crippen LogP contribution is -2.17. The maximum absolute atomic E-state index is 11.9. The number of aromatic nitrogens is 3. The number of aryl methyl sites for hydroxylation is 1. The molecule has 0 saturated carbocycles. The number of pyridine rings is 1. The van der Waals surface area contributed by atoms with Crippen molar-refractivity contribution in [2.45, 2.75) is 33.6 Å². The molecule has 0 radical (unpaired) electrons. The van der Waals surface area contributed by atoms with Crippen LogP contribution in [0, 0.1) is 13.8 Å². The first-order chi connectivity index (χ1) is 8.50. The summed E-state index contributed by atoms with van der Waals surface area (Å²) in [7, 11) is 0. The minimum Gasteiger partial charge on any atom is -0.310 e. The highest BCUT2D eigenvalue weighted by Crippen LogP contribution is 2.22. The first kappa shape index (κ1) is 12.5. The molecule has 4 nitrogen and oxygen atoms in total. The molecule has 0 unspecified atom stereocenters. The van der Waals surface area contributed by atoms with Gasteiger partial charge in [-0.2, -0.15) is 0 Å². The van der Waals surface area contributed by atoms with Crippen LogP contribution < -0.4 is 5.56 Å². The summed E-state index contributed by atoms with van der Waals surface area (Å²) in [6.45, 7) is 7.80. The van der Waals surface area contributed by atoms with Crippen molar-refractivity contribution in [2.75, 3.05) is 0 Å². The number of nitrogens with one attached hydrogen (secondary N) is 1. The average molecular weight is 243 g/mol. The van der Waals surface area contributed by atoms with Crippen LogP contribution in [0.3, 0.4) is 0 Å². The normalized spacial score (nSPS) is 10.9. The summed E-state index contributed by atoms with van der Waals surface area (Å²) < 4.78 is 0. The van der Waals surface area contributed by atoms with E-state index < -0.39 is 0 Å². The van der Waals surface area contributed by atoms with E-state index in [2.05, 4.69) is 15.0 Å². The van der Waals surface area contributed by atoms with Crippen LogP contribution in [0.4, 0.5) is 0 Å². The molecule has 94 valence electrons. The first-order valence-electron chi connectivity index (χ1n) is 6.02. The maximum atomic E-state index is 11.9. The molecule has 0 aliphatic carbocycles. The van der Waals surface area contributed by atoms with Crippen LogP contribution in [-0.2, 0) is 0 Å². The number of hydrogen-bond donors (Lipinski definition) is 1. The lowest BCUT2D eigenvalue weighted by Gasteiger charge is -2.11. The van der Waals surface area contributed by atoms with E-state index in [4.69, 9.17) is 0 Å². The van der Waals surface area contributed by atoms with Crippen LogP contribution in [0.15, 0.2) is 23.3 Å². The van der Waals surface area contributed by atoms with Crippen molar-refractivity contribution in [3.05, 3.63) is 45.8 Å². The number of hydrogen-bond acceptors (Lipinski definition) is 3. The Morgan fingerprint density at radius 3 is 2.61 bits per heavy atom. The fraction of sp³-hybridized carbons (Fsp3) is 0.357. The summed E-state index contributed by atoms with van der Waals surface area (Å²) in [5.74, 6) is 0.901. The average Bonchev–Trinajstić information content (AvgIpc) is 2.33. The molecule has 0 fully saturated rings. The highest BCUT2D eigenvalue weighted by Gasteiger charge is 2.13. The van der Waals surface area contributed by atoms with E-state index in [1.165, 1.54) is 0 Å². The predicted molar refractivity (Wildman–Crippen MR) is 71.7 cm³/mol. The Bertz CT molecular complexity index is 629. The molecule has 2 aromatic rings. The molecular weight excluding hydrogens is 226 g/mol. The van der Waals surface area contributed by atoms with E-state index in [1.54, 1.807) is 19.3 Å². The molecule has 0 saturated heterocycles. The van der Waals surface area contributed by atoms with E-state index in [1.807, 2.05) is 26.8 Å². The molecule has 0 amide bonds. The van der Waals surface area contributed by atoms with Gasteiger partial charge >= 0.3 is 0 Å². The van der Waals surface area contributed by atoms with Gasteiger partial charge in [-0.3, -0.25) is 9.78 Å². The molecule has 1 N–H and O–H groups in total. The highest BCUT2D eigenvalue weighted by molar-refractivity contribution is 5.65. The van der Waals surface area contributed by atoms with Crippen molar-refractivity contribution in [1.29, 1.82) is 0 Å². The van der Waals surface area contributed by atoms with E-state index in [-0.39, 0.29) is 11.5 Å². The third-order valence-electron chi connectivity index (χ3n) is 3.01. The van der Waals surface area contributed by atoms with Gasteiger partial charge in [-0.1, -0.05) is 13.8 Å². The fourth-order valence-corrected chi connectivity index (χ4v) is 1.80. The third kappa shape index (κ3) is 2.18. The highest BCUT2D eigenvalue weighted by atomic mass is 16.1. The van der Waals surface area contributed by atoms with E-state index >= 15 is 0 Å². The van der Waals surface area contributed by atoms with Gasteiger partial charge in [0.2, 0.25) is 0 Å². The van der Waals surface area contributed by atoms with Crippen LogP contribution >= 0.6 is 0 Å². The number of nitrogens with zero attached hydrogens (tertiary/aromatic N) is 2. The van der Waals surface area contributed by atoms with Crippen molar-refractivity contribution in [2.24, 2.45) is 0 Å². The van der Waals surface area contributed by atoms with E-state index in [0.29, 0.717) is 11.4 Å². The zero-order valence-electron chi connectivity index (χ0n) is 11.1. The predicted octanol–water partition coefficient (Wildman–Crippen LogP) is 2.57. The summed E-state index contributed by atoms with van der Waals surface area (Å²) in [5, 5.41) is 0. The maximum Gasteiger partial charge on any atom is 0.254 e. The Kier molecular flexibility index (Phi) is 3.28. The minimum atomic E-state index is -0.0769. The molecule has 2 aromatic heterocycles. The summed E-state index contributed by atoms with van der Waals surface area (Å²) in [6.07, 6.45) is 3.50. The Hall–Kier alpha value is -1.97. The minimum absolute atomic E-state index is 0.0769. The molecule has 0 bridgehead atoms. The Morgan fingerprint density at radius 2 is 2.00 bits per heavy atom. The molecular formula is C14H17N3O. The summed E-state index contributed by atoms with van der Waals surface area (Å²) in [4.78, 5) is 23.4. The van der Waals surface area contributed by atoms with Gasteiger partial charge in [0, 0.05) is 29.4 Å². The monoisotopic (exact) mass is 243 g/mol. The fourth-order valence-electron chi connectivity index (χ4n) is 1.80. The Labute approximate surface area is 106 Å². The van der Waals surface area contributed by atoms with Crippen LogP contribution in [0.5, 0.6) is 0 Å². The largest absolute Gasteiger partial charge is 0.310 e. The van der Waals surface area contributed by atoms with E-state index in [0.717, 1.165) is 16.8 Å². The second-order valence-electron chi connectivity index (χ2n) is 4.77. The SMILES string of the molecule is Cc1ccncc1-c1nc(C(C)C)[nH]c(=O)c1C. The molecule has 0 aromatic carbocycles. The second-order valence-corrected chi connectivity index (χ2v) is 4.77. The quantitative estimate of drug-likeness (QED) is 0.881. The van der Waals surface area contributed by atoms with Crippen molar-refractivity contribution in [1.82, 2.24) is 15.0 Å². The van der Waals surface area contributed by atoms with Crippen molar-refractivity contribution >= 4 is 0 Å². The second kappa shape index (κ2) is 4.72. The van der Waals surface area contributed by atoms with Gasteiger partial charge in [-0.05, 0) is 25.5 Å². The summed E-state index contributed by atoms with van der Waals surface area (Å²) in [6, 6.07) is 1.92. The summed E-state index contributed by atoms with van der Waals surface area (Å²) >= 11 is 0.